The monoisotopic (exact) mass is 328 g/mol. The van der Waals surface area contributed by atoms with Crippen LogP contribution in [0.4, 0.5) is 0 Å². The molecule has 0 unspecified atom stereocenters. The normalized spacial score (nSPS) is 16.6. The van der Waals surface area contributed by atoms with Crippen LogP contribution >= 0.6 is 0 Å². The molecule has 1 aromatic heterocycles. The Kier molecular flexibility index (Phi) is 5.66. The summed E-state index contributed by atoms with van der Waals surface area (Å²) in [7, 11) is 0. The van der Waals surface area contributed by atoms with Crippen LogP contribution in [0.15, 0.2) is 30.3 Å². The highest BCUT2D eigenvalue weighted by atomic mass is 16.3. The van der Waals surface area contributed by atoms with Gasteiger partial charge in [-0.1, -0.05) is 24.3 Å². The van der Waals surface area contributed by atoms with Crippen molar-refractivity contribution in [1.82, 2.24) is 19.6 Å². The van der Waals surface area contributed by atoms with Crippen molar-refractivity contribution in [3.8, 4) is 0 Å². The van der Waals surface area contributed by atoms with Gasteiger partial charge in [-0.2, -0.15) is 5.10 Å². The van der Waals surface area contributed by atoms with Crippen molar-refractivity contribution < 1.29 is 5.11 Å². The summed E-state index contributed by atoms with van der Waals surface area (Å²) in [6, 6.07) is 10.3. The van der Waals surface area contributed by atoms with Crippen LogP contribution in [0.5, 0.6) is 0 Å². The average Bonchev–Trinajstić information content (AvgIpc) is 2.92. The minimum Gasteiger partial charge on any atom is -0.392 e. The maximum absolute atomic E-state index is 9.46. The highest BCUT2D eigenvalue weighted by Crippen LogP contribution is 2.13. The van der Waals surface area contributed by atoms with Gasteiger partial charge in [0.05, 0.1) is 18.8 Å². The fourth-order valence-corrected chi connectivity index (χ4v) is 3.42. The molecule has 0 spiro atoms. The molecule has 2 aromatic rings. The van der Waals surface area contributed by atoms with E-state index in [2.05, 4.69) is 44.7 Å². The van der Waals surface area contributed by atoms with Crippen LogP contribution < -0.4 is 0 Å². The van der Waals surface area contributed by atoms with Crippen molar-refractivity contribution in [2.45, 2.75) is 33.5 Å². The quantitative estimate of drug-likeness (QED) is 0.878. The first-order chi connectivity index (χ1) is 11.7. The molecule has 0 aliphatic carbocycles. The molecule has 1 aliphatic rings. The van der Waals surface area contributed by atoms with Gasteiger partial charge < -0.3 is 5.11 Å². The van der Waals surface area contributed by atoms with Crippen molar-refractivity contribution in [3.63, 3.8) is 0 Å². The lowest BCUT2D eigenvalue weighted by Gasteiger charge is -2.35. The Morgan fingerprint density at radius 1 is 0.958 bits per heavy atom. The molecule has 1 saturated heterocycles. The number of aliphatic hydroxyl groups is 1. The number of aryl methyl sites for hydroxylation is 2. The SMILES string of the molecule is Cc1cc(C)n(CCN2CCN(Cc3ccccc3CO)CC2)n1. The first kappa shape index (κ1) is 17.1. The lowest BCUT2D eigenvalue weighted by Crippen LogP contribution is -2.46. The van der Waals surface area contributed by atoms with E-state index in [4.69, 9.17) is 0 Å². The molecule has 130 valence electrons. The van der Waals surface area contributed by atoms with Gasteiger partial charge in [-0.05, 0) is 31.0 Å². The summed E-state index contributed by atoms with van der Waals surface area (Å²) < 4.78 is 2.11. The van der Waals surface area contributed by atoms with Crippen molar-refractivity contribution in [2.75, 3.05) is 32.7 Å². The molecular weight excluding hydrogens is 300 g/mol. The molecule has 1 aromatic carbocycles. The summed E-state index contributed by atoms with van der Waals surface area (Å²) in [5, 5.41) is 14.0. The van der Waals surface area contributed by atoms with Crippen LogP contribution in [-0.4, -0.2) is 57.4 Å². The van der Waals surface area contributed by atoms with Crippen LogP contribution in [0.1, 0.15) is 22.5 Å². The predicted octanol–water partition coefficient (Wildman–Crippen LogP) is 1.81. The third-order valence-electron chi connectivity index (χ3n) is 4.88. The zero-order valence-electron chi connectivity index (χ0n) is 14.8. The largest absolute Gasteiger partial charge is 0.392 e. The molecule has 5 heteroatoms. The molecule has 0 saturated carbocycles. The Bertz CT molecular complexity index is 659. The fourth-order valence-electron chi connectivity index (χ4n) is 3.42. The van der Waals surface area contributed by atoms with E-state index in [1.165, 1.54) is 11.3 Å². The Labute approximate surface area is 144 Å². The van der Waals surface area contributed by atoms with Crippen molar-refractivity contribution in [3.05, 3.63) is 52.8 Å². The van der Waals surface area contributed by atoms with Crippen LogP contribution in [0.3, 0.4) is 0 Å². The topological polar surface area (TPSA) is 44.5 Å². The summed E-state index contributed by atoms with van der Waals surface area (Å²) in [4.78, 5) is 5.00. The number of aliphatic hydroxyl groups excluding tert-OH is 1. The number of piperazine rings is 1. The van der Waals surface area contributed by atoms with Crippen LogP contribution in [0.2, 0.25) is 0 Å². The molecule has 3 rings (SSSR count). The fraction of sp³-hybridized carbons (Fsp3) is 0.526. The van der Waals surface area contributed by atoms with Gasteiger partial charge in [-0.15, -0.1) is 0 Å². The molecular formula is C19H28N4O. The van der Waals surface area contributed by atoms with E-state index in [1.54, 1.807) is 0 Å². The van der Waals surface area contributed by atoms with Gasteiger partial charge in [-0.25, -0.2) is 0 Å². The number of hydrogen-bond acceptors (Lipinski definition) is 4. The molecule has 1 fully saturated rings. The molecule has 0 amide bonds. The van der Waals surface area contributed by atoms with Crippen LogP contribution in [-0.2, 0) is 19.7 Å². The minimum atomic E-state index is 0.124. The van der Waals surface area contributed by atoms with Crippen molar-refractivity contribution in [2.24, 2.45) is 0 Å². The van der Waals surface area contributed by atoms with Gasteiger partial charge in [-0.3, -0.25) is 14.5 Å². The van der Waals surface area contributed by atoms with Crippen molar-refractivity contribution >= 4 is 0 Å². The van der Waals surface area contributed by atoms with Gasteiger partial charge in [0.1, 0.15) is 0 Å². The van der Waals surface area contributed by atoms with E-state index in [-0.39, 0.29) is 6.61 Å². The highest BCUT2D eigenvalue weighted by Gasteiger charge is 2.17. The molecule has 24 heavy (non-hydrogen) atoms. The lowest BCUT2D eigenvalue weighted by atomic mass is 10.1. The average molecular weight is 328 g/mol. The summed E-state index contributed by atoms with van der Waals surface area (Å²) in [6.07, 6.45) is 0. The molecule has 0 radical (unpaired) electrons. The van der Waals surface area contributed by atoms with Crippen LogP contribution in [0.25, 0.3) is 0 Å². The van der Waals surface area contributed by atoms with Gasteiger partial charge in [0.2, 0.25) is 0 Å². The number of hydrogen-bond donors (Lipinski definition) is 1. The maximum atomic E-state index is 9.46. The van der Waals surface area contributed by atoms with Crippen molar-refractivity contribution in [1.29, 1.82) is 0 Å². The standard InChI is InChI=1S/C19H28N4O/c1-16-13-17(2)23(20-16)12-11-21-7-9-22(10-8-21)14-18-5-3-4-6-19(18)15-24/h3-6,13,24H,7-12,14-15H2,1-2H3. The van der Waals surface area contributed by atoms with E-state index < -0.39 is 0 Å². The zero-order chi connectivity index (χ0) is 16.9. The Morgan fingerprint density at radius 2 is 1.62 bits per heavy atom. The van der Waals surface area contributed by atoms with Gasteiger partial charge in [0, 0.05) is 45.0 Å². The molecule has 5 nitrogen and oxygen atoms in total. The number of nitrogens with zero attached hydrogens (tertiary/aromatic N) is 4. The van der Waals surface area contributed by atoms with E-state index in [9.17, 15) is 5.11 Å². The second-order valence-corrected chi connectivity index (χ2v) is 6.69. The first-order valence-electron chi connectivity index (χ1n) is 8.79. The highest BCUT2D eigenvalue weighted by molar-refractivity contribution is 5.26. The second kappa shape index (κ2) is 7.92. The maximum Gasteiger partial charge on any atom is 0.0685 e. The summed E-state index contributed by atoms with van der Waals surface area (Å²) in [5.41, 5.74) is 4.63. The van der Waals surface area contributed by atoms with E-state index in [1.807, 2.05) is 19.1 Å². The van der Waals surface area contributed by atoms with E-state index in [0.717, 1.165) is 57.1 Å². The summed E-state index contributed by atoms with van der Waals surface area (Å²) in [6.45, 7) is 11.6. The molecule has 0 atom stereocenters. The van der Waals surface area contributed by atoms with E-state index in [0.29, 0.717) is 0 Å². The smallest absolute Gasteiger partial charge is 0.0685 e. The number of rotatable bonds is 6. The van der Waals surface area contributed by atoms with Gasteiger partial charge in [0.15, 0.2) is 0 Å². The Hall–Kier alpha value is -1.69. The first-order valence-corrected chi connectivity index (χ1v) is 8.79. The predicted molar refractivity (Wildman–Crippen MR) is 95.8 cm³/mol. The van der Waals surface area contributed by atoms with Gasteiger partial charge >= 0.3 is 0 Å². The molecule has 2 heterocycles. The van der Waals surface area contributed by atoms with Crippen LogP contribution in [0, 0.1) is 13.8 Å². The Morgan fingerprint density at radius 3 is 2.25 bits per heavy atom. The minimum absolute atomic E-state index is 0.124. The van der Waals surface area contributed by atoms with E-state index >= 15 is 0 Å². The third kappa shape index (κ3) is 4.23. The lowest BCUT2D eigenvalue weighted by molar-refractivity contribution is 0.122. The summed E-state index contributed by atoms with van der Waals surface area (Å²) >= 11 is 0. The molecule has 1 N–H and O–H groups in total. The molecule has 0 bridgehead atoms. The molecule has 1 aliphatic heterocycles. The zero-order valence-corrected chi connectivity index (χ0v) is 14.8. The van der Waals surface area contributed by atoms with Gasteiger partial charge in [0.25, 0.3) is 0 Å². The summed E-state index contributed by atoms with van der Waals surface area (Å²) in [5.74, 6) is 0. The Balaban J connectivity index is 1.46. The second-order valence-electron chi connectivity index (χ2n) is 6.69. The number of benzene rings is 1. The third-order valence-corrected chi connectivity index (χ3v) is 4.88. The number of aromatic nitrogens is 2.